The molecule has 1 aliphatic carbocycles. The molecule has 11 heteroatoms. The van der Waals surface area contributed by atoms with Gasteiger partial charge in [0.25, 0.3) is 0 Å². The van der Waals surface area contributed by atoms with E-state index in [0.29, 0.717) is 30.6 Å². The number of Topliss-reactive ketones (excluding diaryl/α,β-unsaturated/α-hetero) is 1. The number of halogens is 1. The number of hydrogen-bond donors (Lipinski definition) is 2. The molecule has 9 rings (SSSR count). The van der Waals surface area contributed by atoms with Gasteiger partial charge in [-0.05, 0) is 131 Å². The zero-order valence-corrected chi connectivity index (χ0v) is 32.4. The number of pyridine rings is 1. The van der Waals surface area contributed by atoms with Gasteiger partial charge in [0.05, 0.1) is 22.3 Å². The average Bonchev–Trinajstić information content (AvgIpc) is 3.67. The molecule has 278 valence electrons. The molecule has 9 nitrogen and oxygen atoms in total. The van der Waals surface area contributed by atoms with Crippen LogP contribution in [0, 0.1) is 11.3 Å². The summed E-state index contributed by atoms with van der Waals surface area (Å²) < 4.78 is 33.5. The highest BCUT2D eigenvalue weighted by Gasteiger charge is 2.66. The smallest absolute Gasteiger partial charge is 0.339 e. The lowest BCUT2D eigenvalue weighted by Crippen LogP contribution is -2.65. The lowest BCUT2D eigenvalue weighted by Gasteiger charge is -2.58. The number of aromatic amines is 1. The first-order valence-corrected chi connectivity index (χ1v) is 21.6. The van der Waals surface area contributed by atoms with E-state index < -0.39 is 15.7 Å². The Labute approximate surface area is 319 Å². The number of piperidine rings is 1. The molecule has 4 aromatic rings. The van der Waals surface area contributed by atoms with Gasteiger partial charge < -0.3 is 19.2 Å². The maximum Gasteiger partial charge on any atom is 0.339 e. The fourth-order valence-corrected chi connectivity index (χ4v) is 12.0. The minimum absolute atomic E-state index is 0.0513. The Morgan fingerprint density at radius 1 is 0.925 bits per heavy atom. The number of hydrogen-bond acceptors (Lipinski definition) is 8. The number of H-pyrrole nitrogens is 1. The Morgan fingerprint density at radius 3 is 2.62 bits per heavy atom. The number of benzene rings is 2. The minimum Gasteiger partial charge on any atom is -0.384 e. The van der Waals surface area contributed by atoms with Gasteiger partial charge in [-0.15, -0.1) is 0 Å². The van der Waals surface area contributed by atoms with Crippen molar-refractivity contribution < 1.29 is 22.5 Å². The normalized spacial score (nSPS) is 31.7. The quantitative estimate of drug-likeness (QED) is 0.159. The predicted octanol–water partition coefficient (Wildman–Crippen LogP) is 7.79. The van der Waals surface area contributed by atoms with Gasteiger partial charge in [-0.3, -0.25) is 14.7 Å². The zero-order valence-electron chi connectivity index (χ0n) is 30.0. The van der Waals surface area contributed by atoms with Gasteiger partial charge in [0.15, 0.2) is 5.75 Å². The van der Waals surface area contributed by atoms with E-state index in [4.69, 9.17) is 9.17 Å². The first-order valence-electron chi connectivity index (χ1n) is 19.3. The van der Waals surface area contributed by atoms with Gasteiger partial charge in [0, 0.05) is 58.3 Å². The molecule has 2 N–H and O–H groups in total. The third-order valence-corrected chi connectivity index (χ3v) is 14.6. The first-order chi connectivity index (χ1) is 25.7. The summed E-state index contributed by atoms with van der Waals surface area (Å²) >= 11 is 3.38. The molecule has 6 atom stereocenters. The summed E-state index contributed by atoms with van der Waals surface area (Å²) in [6.45, 7) is 3.80. The summed E-state index contributed by atoms with van der Waals surface area (Å²) in [7, 11) is -4.10. The lowest BCUT2D eigenvalue weighted by atomic mass is 9.54. The van der Waals surface area contributed by atoms with E-state index in [1.165, 1.54) is 18.6 Å². The Kier molecular flexibility index (Phi) is 9.17. The van der Waals surface area contributed by atoms with Crippen molar-refractivity contribution in [2.75, 3.05) is 26.2 Å². The molecular weight excluding hydrogens is 752 g/mol. The Balaban J connectivity index is 1.19. The second-order valence-corrected chi connectivity index (χ2v) is 18.5. The van der Waals surface area contributed by atoms with Crippen LogP contribution in [0.4, 0.5) is 0 Å². The predicted molar refractivity (Wildman–Crippen MR) is 210 cm³/mol. The molecule has 1 spiro atoms. The number of carbonyl (C=O) groups is 1. The highest BCUT2D eigenvalue weighted by atomic mass is 79.9. The fraction of sp³-hybridized carbons (Fsp3) is 0.476. The SMILES string of the molecule is O=C1CCCN2[C@@H](CC1)C[C@]13CN4CCCC/C=C\CC[C@](O)(C=C(c5nccc6c5[nH]c5c(OS(=O)(=O)c7ccc(Br)cc7)cccc56)C1CC4)[C@H]23. The van der Waals surface area contributed by atoms with Crippen LogP contribution >= 0.6 is 15.9 Å². The van der Waals surface area contributed by atoms with E-state index in [2.05, 4.69) is 48.9 Å². The van der Waals surface area contributed by atoms with Crippen LogP contribution in [-0.2, 0) is 14.9 Å². The van der Waals surface area contributed by atoms with Crippen molar-refractivity contribution in [2.45, 2.75) is 93.2 Å². The van der Waals surface area contributed by atoms with E-state index >= 15 is 0 Å². The van der Waals surface area contributed by atoms with Gasteiger partial charge in [0.1, 0.15) is 10.7 Å². The monoisotopic (exact) mass is 798 g/mol. The van der Waals surface area contributed by atoms with Crippen LogP contribution in [0.2, 0.25) is 0 Å². The van der Waals surface area contributed by atoms with Gasteiger partial charge >= 0.3 is 10.1 Å². The number of carbonyl (C=O) groups excluding carboxylic acids is 1. The van der Waals surface area contributed by atoms with E-state index in [-0.39, 0.29) is 34.1 Å². The molecule has 3 fully saturated rings. The first kappa shape index (κ1) is 35.4. The van der Waals surface area contributed by atoms with Gasteiger partial charge in [0.2, 0.25) is 0 Å². The van der Waals surface area contributed by atoms with Crippen LogP contribution in [0.1, 0.15) is 76.3 Å². The molecule has 5 aliphatic rings. The van der Waals surface area contributed by atoms with Crippen LogP contribution in [0.15, 0.2) is 82.3 Å². The van der Waals surface area contributed by atoms with Crippen molar-refractivity contribution in [3.63, 3.8) is 0 Å². The Bertz CT molecular complexity index is 2230. The second kappa shape index (κ2) is 13.7. The molecule has 0 radical (unpaired) electrons. The van der Waals surface area contributed by atoms with Gasteiger partial charge in [-0.1, -0.05) is 40.2 Å². The summed E-state index contributed by atoms with van der Waals surface area (Å²) in [6, 6.07) is 14.1. The molecule has 3 saturated heterocycles. The van der Waals surface area contributed by atoms with E-state index in [1.54, 1.807) is 18.2 Å². The molecule has 0 saturated carbocycles. The third-order valence-electron chi connectivity index (χ3n) is 12.9. The summed E-state index contributed by atoms with van der Waals surface area (Å²) in [4.78, 5) is 26.8. The number of allylic oxidation sites excluding steroid dienone is 3. The number of aliphatic hydroxyl groups is 1. The Hall–Kier alpha value is -3.35. The highest BCUT2D eigenvalue weighted by Crippen LogP contribution is 2.62. The largest absolute Gasteiger partial charge is 0.384 e. The number of aromatic nitrogens is 2. The topological polar surface area (TPSA) is 116 Å². The molecule has 2 aromatic heterocycles. The van der Waals surface area contributed by atoms with Crippen LogP contribution in [0.3, 0.4) is 0 Å². The van der Waals surface area contributed by atoms with Crippen molar-refractivity contribution >= 4 is 59.2 Å². The highest BCUT2D eigenvalue weighted by molar-refractivity contribution is 9.10. The number of nitrogens with zero attached hydrogens (tertiary/aromatic N) is 3. The second-order valence-electron chi connectivity index (χ2n) is 16.0. The minimum atomic E-state index is -4.10. The average molecular weight is 800 g/mol. The van der Waals surface area contributed by atoms with Gasteiger partial charge in [-0.2, -0.15) is 8.42 Å². The fourth-order valence-electron chi connectivity index (χ4n) is 10.7. The van der Waals surface area contributed by atoms with Crippen molar-refractivity contribution in [1.29, 1.82) is 0 Å². The molecule has 3 bridgehead atoms. The van der Waals surface area contributed by atoms with Crippen LogP contribution in [-0.4, -0.2) is 82.9 Å². The maximum absolute atomic E-state index is 13.4. The molecule has 0 amide bonds. The number of para-hydroxylation sites is 1. The van der Waals surface area contributed by atoms with E-state index in [0.717, 1.165) is 103 Å². The third kappa shape index (κ3) is 6.20. The van der Waals surface area contributed by atoms with Crippen LogP contribution in [0.25, 0.3) is 27.4 Å². The van der Waals surface area contributed by atoms with Crippen LogP contribution < -0.4 is 4.18 Å². The summed E-state index contributed by atoms with van der Waals surface area (Å²) in [5.41, 5.74) is 1.98. The molecule has 6 heterocycles. The van der Waals surface area contributed by atoms with Crippen molar-refractivity contribution in [3.8, 4) is 5.75 Å². The van der Waals surface area contributed by atoms with E-state index in [9.17, 15) is 18.3 Å². The maximum atomic E-state index is 13.4. The number of fused-ring (bicyclic) bond motifs is 5. The van der Waals surface area contributed by atoms with Gasteiger partial charge in [-0.25, -0.2) is 0 Å². The summed E-state index contributed by atoms with van der Waals surface area (Å²) in [5, 5.41) is 15.1. The molecular formula is C42H47BrN4O5S. The number of rotatable bonds is 4. The lowest BCUT2D eigenvalue weighted by molar-refractivity contribution is -0.120. The van der Waals surface area contributed by atoms with Crippen molar-refractivity contribution in [2.24, 2.45) is 11.3 Å². The zero-order chi connectivity index (χ0) is 36.4. The summed E-state index contributed by atoms with van der Waals surface area (Å²) in [5.74, 6) is 0.743. The summed E-state index contributed by atoms with van der Waals surface area (Å²) in [6.07, 6.45) is 18.2. The van der Waals surface area contributed by atoms with Crippen molar-refractivity contribution in [3.05, 3.63) is 83.1 Å². The van der Waals surface area contributed by atoms with Crippen molar-refractivity contribution in [1.82, 2.24) is 19.8 Å². The molecule has 2 unspecified atom stereocenters. The number of ketones is 1. The Morgan fingerprint density at radius 2 is 1.75 bits per heavy atom. The molecule has 2 aromatic carbocycles. The number of nitrogens with one attached hydrogen (secondary N) is 1. The van der Waals surface area contributed by atoms with E-state index in [1.807, 2.05) is 24.4 Å². The standard InChI is InChI=1S/C42H47BrN4O5S/c43-28-12-16-31(17-13-28)53(50,51)52-36-11-7-10-32-33-18-21-44-38(39(33)45-37(32)36)34-26-42(49)20-5-3-1-2-4-6-22-46-24-19-35(34)41(27-46)25-29-14-15-30(48)9-8-23-47(29)40(41)42/h1,3,7,10-13,16-18,21,26,29,35,40,45,49H,2,4-6,8-9,14-15,19-20,22-25,27H2/b3-1-/t29-,35?,40+,41-,42-/m0/s1. The molecule has 4 aliphatic heterocycles. The molecule has 53 heavy (non-hydrogen) atoms. The van der Waals surface area contributed by atoms with Crippen LogP contribution in [0.5, 0.6) is 5.75 Å².